The molecule has 0 saturated heterocycles. The van der Waals surface area contributed by atoms with Crippen LogP contribution in [0.4, 0.5) is 4.79 Å². The van der Waals surface area contributed by atoms with E-state index in [0.29, 0.717) is 0 Å². The quantitative estimate of drug-likeness (QED) is 0.633. The molecule has 0 aromatic rings. The molecular formula is C5H10ClNO5. The molecule has 0 aliphatic carbocycles. The lowest BCUT2D eigenvalue weighted by Crippen LogP contribution is -2.32. The fourth-order valence-electron chi connectivity index (χ4n) is 0.229. The van der Waals surface area contributed by atoms with Crippen molar-refractivity contribution >= 4 is 24.5 Å². The van der Waals surface area contributed by atoms with Crippen LogP contribution < -0.4 is 5.48 Å². The number of methoxy groups -OCH3 is 1. The number of hydrogen-bond donors (Lipinski definition) is 2. The molecule has 0 aliphatic rings. The summed E-state index contributed by atoms with van der Waals surface area (Å²) in [4.78, 5) is 24.7. The predicted octanol–water partition coefficient (Wildman–Crippen LogP) is 0.169. The normalized spacial score (nSPS) is 10.8. The van der Waals surface area contributed by atoms with Crippen LogP contribution in [0.5, 0.6) is 0 Å². The Morgan fingerprint density at radius 2 is 2.00 bits per heavy atom. The van der Waals surface area contributed by atoms with Crippen molar-refractivity contribution in [1.29, 1.82) is 0 Å². The molecule has 0 heterocycles. The number of ether oxygens (including phenoxy) is 1. The summed E-state index contributed by atoms with van der Waals surface area (Å²) in [6.45, 7) is 1.28. The summed E-state index contributed by atoms with van der Waals surface area (Å²) in [5.41, 5.74) is 1.77. The fourth-order valence-corrected chi connectivity index (χ4v) is 0.229. The molecule has 12 heavy (non-hydrogen) atoms. The molecule has 0 bridgehead atoms. The van der Waals surface area contributed by atoms with Gasteiger partial charge in [-0.1, -0.05) is 0 Å². The number of hydrogen-bond acceptors (Lipinski definition) is 4. The van der Waals surface area contributed by atoms with Crippen molar-refractivity contribution in [3.63, 3.8) is 0 Å². The second-order valence-electron chi connectivity index (χ2n) is 1.69. The van der Waals surface area contributed by atoms with Gasteiger partial charge in [0, 0.05) is 0 Å². The second-order valence-corrected chi connectivity index (χ2v) is 1.69. The lowest BCUT2D eigenvalue weighted by molar-refractivity contribution is -0.152. The molecule has 1 unspecified atom stereocenters. The third kappa shape index (κ3) is 5.75. The molecular weight excluding hydrogens is 190 g/mol. The van der Waals surface area contributed by atoms with E-state index >= 15 is 0 Å². The lowest BCUT2D eigenvalue weighted by Gasteiger charge is -2.06. The summed E-state index contributed by atoms with van der Waals surface area (Å²) in [6, 6.07) is 0. The van der Waals surface area contributed by atoms with Gasteiger partial charge in [-0.05, 0) is 6.92 Å². The third-order valence-corrected chi connectivity index (χ3v) is 0.852. The highest BCUT2D eigenvalue weighted by atomic mass is 35.5. The molecule has 0 saturated carbocycles. The molecule has 2 N–H and O–H groups in total. The largest absolute Gasteiger partial charge is 0.479 e. The van der Waals surface area contributed by atoms with Crippen molar-refractivity contribution in [3.8, 4) is 0 Å². The number of rotatable bonds is 3. The number of nitrogens with one attached hydrogen (secondary N) is 1. The van der Waals surface area contributed by atoms with Crippen molar-refractivity contribution in [1.82, 2.24) is 5.48 Å². The summed E-state index contributed by atoms with van der Waals surface area (Å²) in [7, 11) is 1.14. The maximum Gasteiger partial charge on any atom is 0.431 e. The van der Waals surface area contributed by atoms with Gasteiger partial charge in [-0.15, -0.1) is 12.4 Å². The van der Waals surface area contributed by atoms with Gasteiger partial charge >= 0.3 is 12.1 Å². The molecule has 7 heteroatoms. The summed E-state index contributed by atoms with van der Waals surface area (Å²) in [5, 5.41) is 8.25. The Kier molecular flexibility index (Phi) is 7.56. The van der Waals surface area contributed by atoms with E-state index in [-0.39, 0.29) is 12.4 Å². The van der Waals surface area contributed by atoms with Gasteiger partial charge in [-0.3, -0.25) is 4.84 Å². The first kappa shape index (κ1) is 13.6. The first-order valence-electron chi connectivity index (χ1n) is 2.80. The zero-order valence-corrected chi connectivity index (χ0v) is 7.38. The first-order chi connectivity index (χ1) is 5.07. The monoisotopic (exact) mass is 199 g/mol. The smallest absolute Gasteiger partial charge is 0.431 e. The van der Waals surface area contributed by atoms with Gasteiger partial charge in [-0.2, -0.15) is 5.48 Å². The van der Waals surface area contributed by atoms with Crippen molar-refractivity contribution in [2.75, 3.05) is 7.11 Å². The number of carboxylic acids is 1. The van der Waals surface area contributed by atoms with E-state index < -0.39 is 18.2 Å². The standard InChI is InChI=1S/C5H9NO5.ClH/c1-3(4(7)8)11-6-5(9)10-2;/h3H,1-2H3,(H,6,9)(H,7,8);1H. The fraction of sp³-hybridized carbons (Fsp3) is 0.600. The van der Waals surface area contributed by atoms with Crippen LogP contribution in [0.3, 0.4) is 0 Å². The van der Waals surface area contributed by atoms with E-state index in [1.165, 1.54) is 6.92 Å². The highest BCUT2D eigenvalue weighted by molar-refractivity contribution is 5.85. The summed E-state index contributed by atoms with van der Waals surface area (Å²) in [6.07, 6.45) is -1.92. The lowest BCUT2D eigenvalue weighted by atomic mass is 10.4. The average Bonchev–Trinajstić information content (AvgIpc) is 1.99. The summed E-state index contributed by atoms with van der Waals surface area (Å²) >= 11 is 0. The van der Waals surface area contributed by atoms with Gasteiger partial charge in [0.1, 0.15) is 0 Å². The molecule has 72 valence electrons. The SMILES string of the molecule is COC(=O)NOC(C)C(=O)O.Cl. The predicted molar refractivity (Wildman–Crippen MR) is 41.0 cm³/mol. The van der Waals surface area contributed by atoms with E-state index in [2.05, 4.69) is 9.57 Å². The van der Waals surface area contributed by atoms with Crippen molar-refractivity contribution in [2.45, 2.75) is 13.0 Å². The Morgan fingerprint density at radius 1 is 1.50 bits per heavy atom. The second kappa shape index (κ2) is 6.68. The van der Waals surface area contributed by atoms with Crippen LogP contribution in [0.2, 0.25) is 0 Å². The van der Waals surface area contributed by atoms with E-state index in [0.717, 1.165) is 7.11 Å². The number of amides is 1. The van der Waals surface area contributed by atoms with Crippen LogP contribution in [-0.2, 0) is 14.4 Å². The molecule has 1 amide bonds. The Labute approximate surface area is 75.2 Å². The van der Waals surface area contributed by atoms with Gasteiger partial charge < -0.3 is 9.84 Å². The zero-order chi connectivity index (χ0) is 8.85. The zero-order valence-electron chi connectivity index (χ0n) is 6.57. The molecule has 0 spiro atoms. The Balaban J connectivity index is 0. The Hall–Kier alpha value is -1.01. The van der Waals surface area contributed by atoms with E-state index in [1.54, 1.807) is 5.48 Å². The van der Waals surface area contributed by atoms with Gasteiger partial charge in [-0.25, -0.2) is 9.59 Å². The topological polar surface area (TPSA) is 84.9 Å². The van der Waals surface area contributed by atoms with Crippen LogP contribution in [0.25, 0.3) is 0 Å². The van der Waals surface area contributed by atoms with Crippen molar-refractivity contribution in [2.24, 2.45) is 0 Å². The first-order valence-corrected chi connectivity index (χ1v) is 2.80. The maximum atomic E-state index is 10.3. The number of aliphatic carboxylic acids is 1. The van der Waals surface area contributed by atoms with E-state index in [9.17, 15) is 9.59 Å². The highest BCUT2D eigenvalue weighted by Crippen LogP contribution is 1.86. The van der Waals surface area contributed by atoms with Gasteiger partial charge in [0.2, 0.25) is 0 Å². The minimum atomic E-state index is -1.17. The molecule has 6 nitrogen and oxygen atoms in total. The molecule has 0 aromatic heterocycles. The van der Waals surface area contributed by atoms with Crippen LogP contribution in [0.15, 0.2) is 0 Å². The molecule has 1 atom stereocenters. The average molecular weight is 200 g/mol. The minimum Gasteiger partial charge on any atom is -0.479 e. The van der Waals surface area contributed by atoms with Crippen LogP contribution >= 0.6 is 12.4 Å². The molecule has 0 aromatic carbocycles. The van der Waals surface area contributed by atoms with Crippen LogP contribution in [-0.4, -0.2) is 30.4 Å². The van der Waals surface area contributed by atoms with Crippen molar-refractivity contribution < 1.29 is 24.3 Å². The van der Waals surface area contributed by atoms with E-state index in [4.69, 9.17) is 5.11 Å². The molecule has 0 aliphatic heterocycles. The highest BCUT2D eigenvalue weighted by Gasteiger charge is 2.12. The molecule has 0 radical (unpaired) electrons. The Morgan fingerprint density at radius 3 is 2.33 bits per heavy atom. The van der Waals surface area contributed by atoms with Gasteiger partial charge in [0.15, 0.2) is 6.10 Å². The Bertz CT molecular complexity index is 162. The molecule has 0 rings (SSSR count). The van der Waals surface area contributed by atoms with Gasteiger partial charge in [0.25, 0.3) is 0 Å². The maximum absolute atomic E-state index is 10.3. The van der Waals surface area contributed by atoms with E-state index in [1.807, 2.05) is 0 Å². The summed E-state index contributed by atoms with van der Waals surface area (Å²) in [5.74, 6) is -1.17. The van der Waals surface area contributed by atoms with Crippen LogP contribution in [0.1, 0.15) is 6.92 Å². The third-order valence-electron chi connectivity index (χ3n) is 0.852. The summed E-state index contributed by atoms with van der Waals surface area (Å²) < 4.78 is 4.11. The van der Waals surface area contributed by atoms with Gasteiger partial charge in [0.05, 0.1) is 7.11 Å². The van der Waals surface area contributed by atoms with Crippen LogP contribution in [0, 0.1) is 0 Å². The van der Waals surface area contributed by atoms with Crippen molar-refractivity contribution in [3.05, 3.63) is 0 Å². The number of hydroxylamine groups is 1. The minimum absolute atomic E-state index is 0. The number of carboxylic acid groups (broad SMARTS) is 1. The molecule has 0 fully saturated rings. The number of halogens is 1. The number of carbonyl (C=O) groups is 2. The number of carbonyl (C=O) groups excluding carboxylic acids is 1.